The van der Waals surface area contributed by atoms with Crippen LogP contribution in [0.1, 0.15) is 16.7 Å². The SMILES string of the molecule is Cc1ccc(N(CC(=O)NCCSCc2c(Cl)cccc2Cl)S(=O)(=O)c2ccccc2)c(C)c1. The van der Waals surface area contributed by atoms with Crippen LogP contribution in [0.4, 0.5) is 5.69 Å². The summed E-state index contributed by atoms with van der Waals surface area (Å²) in [4.78, 5) is 12.9. The van der Waals surface area contributed by atoms with Gasteiger partial charge in [-0.25, -0.2) is 8.42 Å². The minimum absolute atomic E-state index is 0.134. The summed E-state index contributed by atoms with van der Waals surface area (Å²) in [6, 6.07) is 19.0. The van der Waals surface area contributed by atoms with Crippen molar-refractivity contribution in [2.45, 2.75) is 24.5 Å². The van der Waals surface area contributed by atoms with E-state index in [1.807, 2.05) is 26.0 Å². The minimum atomic E-state index is -3.93. The average molecular weight is 538 g/mol. The number of aryl methyl sites for hydroxylation is 2. The average Bonchev–Trinajstić information content (AvgIpc) is 2.80. The summed E-state index contributed by atoms with van der Waals surface area (Å²) >= 11 is 14.0. The zero-order valence-corrected chi connectivity index (χ0v) is 22.1. The molecule has 1 amide bonds. The summed E-state index contributed by atoms with van der Waals surface area (Å²) < 4.78 is 28.0. The number of thioether (sulfide) groups is 1. The highest BCUT2D eigenvalue weighted by atomic mass is 35.5. The summed E-state index contributed by atoms with van der Waals surface area (Å²) in [5, 5.41) is 4.04. The van der Waals surface area contributed by atoms with Crippen molar-refractivity contribution in [3.8, 4) is 0 Å². The molecule has 3 aromatic rings. The van der Waals surface area contributed by atoms with Crippen LogP contribution in [0.25, 0.3) is 0 Å². The number of benzene rings is 3. The number of halogens is 2. The first-order valence-electron chi connectivity index (χ1n) is 10.6. The van der Waals surface area contributed by atoms with Crippen LogP contribution in [0.5, 0.6) is 0 Å². The molecule has 34 heavy (non-hydrogen) atoms. The van der Waals surface area contributed by atoms with Crippen LogP contribution in [-0.4, -0.2) is 33.2 Å². The number of nitrogens with one attached hydrogen (secondary N) is 1. The summed E-state index contributed by atoms with van der Waals surface area (Å²) in [6.45, 7) is 3.84. The highest BCUT2D eigenvalue weighted by Crippen LogP contribution is 2.29. The van der Waals surface area contributed by atoms with E-state index >= 15 is 0 Å². The van der Waals surface area contributed by atoms with Crippen LogP contribution >= 0.6 is 35.0 Å². The molecule has 0 saturated carbocycles. The fourth-order valence-electron chi connectivity index (χ4n) is 3.40. The Kier molecular flexibility index (Phi) is 9.31. The fraction of sp³-hybridized carbons (Fsp3) is 0.240. The molecule has 0 heterocycles. The Labute approximate surface area is 215 Å². The van der Waals surface area contributed by atoms with Gasteiger partial charge >= 0.3 is 0 Å². The van der Waals surface area contributed by atoms with Crippen molar-refractivity contribution in [3.63, 3.8) is 0 Å². The monoisotopic (exact) mass is 536 g/mol. The maximum atomic E-state index is 13.4. The molecule has 0 saturated heterocycles. The van der Waals surface area contributed by atoms with Crippen molar-refractivity contribution in [1.82, 2.24) is 5.32 Å². The molecule has 0 aliphatic carbocycles. The lowest BCUT2D eigenvalue weighted by atomic mass is 10.1. The van der Waals surface area contributed by atoms with Gasteiger partial charge in [0.1, 0.15) is 6.54 Å². The first-order valence-corrected chi connectivity index (χ1v) is 14.0. The van der Waals surface area contributed by atoms with Crippen LogP contribution in [0.2, 0.25) is 10.0 Å². The molecule has 0 unspecified atom stereocenters. The topological polar surface area (TPSA) is 66.5 Å². The van der Waals surface area contributed by atoms with E-state index in [4.69, 9.17) is 23.2 Å². The van der Waals surface area contributed by atoms with Gasteiger partial charge in [-0.3, -0.25) is 9.10 Å². The number of sulfonamides is 1. The number of carbonyl (C=O) groups excluding carboxylic acids is 1. The lowest BCUT2D eigenvalue weighted by molar-refractivity contribution is -0.119. The molecule has 3 rings (SSSR count). The first kappa shape index (κ1) is 26.4. The number of nitrogens with zero attached hydrogens (tertiary/aromatic N) is 1. The predicted molar refractivity (Wildman–Crippen MR) is 143 cm³/mol. The second kappa shape index (κ2) is 12.0. The van der Waals surface area contributed by atoms with E-state index in [2.05, 4.69) is 5.32 Å². The summed E-state index contributed by atoms with van der Waals surface area (Å²) in [5.74, 6) is 0.865. The number of hydrogen-bond acceptors (Lipinski definition) is 4. The van der Waals surface area contributed by atoms with Crippen LogP contribution in [0.15, 0.2) is 71.6 Å². The maximum absolute atomic E-state index is 13.4. The van der Waals surface area contributed by atoms with E-state index in [-0.39, 0.29) is 17.3 Å². The normalized spacial score (nSPS) is 11.3. The van der Waals surface area contributed by atoms with Gasteiger partial charge in [0.2, 0.25) is 5.91 Å². The number of amides is 1. The molecule has 5 nitrogen and oxygen atoms in total. The standard InChI is InChI=1S/C25H26Cl2N2O3S2/c1-18-11-12-24(19(2)15-18)29(34(31,32)20-7-4-3-5-8-20)16-25(30)28-13-14-33-17-21-22(26)9-6-10-23(21)27/h3-12,15H,13-14,16-17H2,1-2H3,(H,28,30). The number of hydrogen-bond donors (Lipinski definition) is 1. The quantitative estimate of drug-likeness (QED) is 0.329. The van der Waals surface area contributed by atoms with Crippen molar-refractivity contribution < 1.29 is 13.2 Å². The van der Waals surface area contributed by atoms with Gasteiger partial charge in [0.05, 0.1) is 10.6 Å². The van der Waals surface area contributed by atoms with E-state index in [0.29, 0.717) is 33.8 Å². The van der Waals surface area contributed by atoms with Crippen molar-refractivity contribution in [2.75, 3.05) is 23.1 Å². The lowest BCUT2D eigenvalue weighted by Gasteiger charge is -2.26. The molecule has 0 spiro atoms. The van der Waals surface area contributed by atoms with Crippen molar-refractivity contribution >= 4 is 56.6 Å². The second-order valence-corrected chi connectivity index (χ2v) is 11.5. The largest absolute Gasteiger partial charge is 0.354 e. The third-order valence-electron chi connectivity index (χ3n) is 5.12. The van der Waals surface area contributed by atoms with E-state index in [9.17, 15) is 13.2 Å². The van der Waals surface area contributed by atoms with E-state index in [1.54, 1.807) is 54.2 Å². The van der Waals surface area contributed by atoms with Crippen LogP contribution in [-0.2, 0) is 20.6 Å². The molecule has 3 aromatic carbocycles. The molecule has 1 N–H and O–H groups in total. The molecule has 9 heteroatoms. The zero-order chi connectivity index (χ0) is 24.7. The zero-order valence-electron chi connectivity index (χ0n) is 18.9. The molecule has 0 radical (unpaired) electrons. The summed E-state index contributed by atoms with van der Waals surface area (Å²) in [6.07, 6.45) is 0. The summed E-state index contributed by atoms with van der Waals surface area (Å²) in [7, 11) is -3.93. The third-order valence-corrected chi connectivity index (χ3v) is 8.58. The van der Waals surface area contributed by atoms with Gasteiger partial charge in [0.15, 0.2) is 0 Å². The van der Waals surface area contributed by atoms with Crippen molar-refractivity contribution in [1.29, 1.82) is 0 Å². The first-order chi connectivity index (χ1) is 16.2. The number of anilines is 1. The van der Waals surface area contributed by atoms with Crippen molar-refractivity contribution in [2.24, 2.45) is 0 Å². The molecular weight excluding hydrogens is 511 g/mol. The Morgan fingerprint density at radius 3 is 2.29 bits per heavy atom. The van der Waals surface area contributed by atoms with Gasteiger partial charge in [-0.2, -0.15) is 11.8 Å². The summed E-state index contributed by atoms with van der Waals surface area (Å²) in [5.41, 5.74) is 3.13. The molecule has 0 atom stereocenters. The minimum Gasteiger partial charge on any atom is -0.354 e. The van der Waals surface area contributed by atoms with E-state index in [1.165, 1.54) is 16.4 Å². The molecule has 0 aromatic heterocycles. The molecule has 0 aliphatic heterocycles. The van der Waals surface area contributed by atoms with Gasteiger partial charge in [-0.05, 0) is 55.3 Å². The van der Waals surface area contributed by atoms with E-state index < -0.39 is 10.0 Å². The van der Waals surface area contributed by atoms with Gasteiger partial charge in [-0.1, -0.05) is 65.2 Å². The van der Waals surface area contributed by atoms with Gasteiger partial charge in [0, 0.05) is 28.1 Å². The van der Waals surface area contributed by atoms with E-state index in [0.717, 1.165) is 16.7 Å². The molecule has 0 aliphatic rings. The number of carbonyl (C=O) groups is 1. The Bertz CT molecular complexity index is 1230. The van der Waals surface area contributed by atoms with Gasteiger partial charge < -0.3 is 5.32 Å². The maximum Gasteiger partial charge on any atom is 0.264 e. The molecule has 0 bridgehead atoms. The predicted octanol–water partition coefficient (Wildman–Crippen LogP) is 5.86. The van der Waals surface area contributed by atoms with Crippen LogP contribution in [0, 0.1) is 13.8 Å². The molecule has 0 fully saturated rings. The van der Waals surface area contributed by atoms with Crippen molar-refractivity contribution in [3.05, 3.63) is 93.5 Å². The van der Waals surface area contributed by atoms with Crippen LogP contribution < -0.4 is 9.62 Å². The fourth-order valence-corrected chi connectivity index (χ4v) is 6.50. The Balaban J connectivity index is 1.67. The Hall–Kier alpha value is -2.19. The van der Waals surface area contributed by atoms with Gasteiger partial charge in [-0.15, -0.1) is 0 Å². The highest BCUT2D eigenvalue weighted by Gasteiger charge is 2.28. The van der Waals surface area contributed by atoms with Gasteiger partial charge in [0.25, 0.3) is 10.0 Å². The third kappa shape index (κ3) is 6.69. The lowest BCUT2D eigenvalue weighted by Crippen LogP contribution is -2.41. The Morgan fingerprint density at radius 2 is 1.65 bits per heavy atom. The molecule has 180 valence electrons. The second-order valence-electron chi connectivity index (χ2n) is 7.72. The number of rotatable bonds is 10. The highest BCUT2D eigenvalue weighted by molar-refractivity contribution is 7.98. The molecular formula is C25H26Cl2N2O3S2. The Morgan fingerprint density at radius 1 is 0.971 bits per heavy atom. The smallest absolute Gasteiger partial charge is 0.264 e. The van der Waals surface area contributed by atoms with Crippen LogP contribution in [0.3, 0.4) is 0 Å².